The SMILES string of the molecule is O=C(O)CCCCS(=O)(=O)c1ccc(Br)cc1. The number of aliphatic carboxylic acids is 1. The predicted octanol–water partition coefficient (Wildman–Crippen LogP) is 2.48. The second-order valence-corrected chi connectivity index (χ2v) is 6.65. The van der Waals surface area contributed by atoms with Crippen LogP contribution in [0.5, 0.6) is 0 Å². The fraction of sp³-hybridized carbons (Fsp3) is 0.364. The number of carboxylic acid groups (broad SMARTS) is 1. The molecule has 94 valence electrons. The van der Waals surface area contributed by atoms with Crippen molar-refractivity contribution in [1.82, 2.24) is 0 Å². The molecule has 0 fully saturated rings. The highest BCUT2D eigenvalue weighted by Crippen LogP contribution is 2.17. The van der Waals surface area contributed by atoms with Crippen LogP contribution in [0.3, 0.4) is 0 Å². The van der Waals surface area contributed by atoms with Gasteiger partial charge in [0.1, 0.15) is 0 Å². The van der Waals surface area contributed by atoms with Gasteiger partial charge in [0.05, 0.1) is 10.6 Å². The van der Waals surface area contributed by atoms with Crippen LogP contribution in [0.4, 0.5) is 0 Å². The summed E-state index contributed by atoms with van der Waals surface area (Å²) in [5.41, 5.74) is 0. The van der Waals surface area contributed by atoms with Crippen molar-refractivity contribution in [2.75, 3.05) is 5.75 Å². The molecular weight excluding hydrogens is 308 g/mol. The number of carboxylic acids is 1. The number of unbranched alkanes of at least 4 members (excludes halogenated alkanes) is 1. The van der Waals surface area contributed by atoms with Gasteiger partial charge in [-0.3, -0.25) is 4.79 Å². The molecule has 17 heavy (non-hydrogen) atoms. The maximum absolute atomic E-state index is 11.8. The van der Waals surface area contributed by atoms with Gasteiger partial charge in [-0.05, 0) is 37.1 Å². The molecule has 0 aromatic heterocycles. The summed E-state index contributed by atoms with van der Waals surface area (Å²) in [6.45, 7) is 0. The zero-order chi connectivity index (χ0) is 12.9. The van der Waals surface area contributed by atoms with Gasteiger partial charge < -0.3 is 5.11 Å². The predicted molar refractivity (Wildman–Crippen MR) is 67.7 cm³/mol. The first-order valence-corrected chi connectivity index (χ1v) is 7.56. The quantitative estimate of drug-likeness (QED) is 0.817. The Balaban J connectivity index is 2.57. The molecule has 0 aliphatic heterocycles. The average Bonchev–Trinajstić information content (AvgIpc) is 2.25. The minimum Gasteiger partial charge on any atom is -0.481 e. The normalized spacial score (nSPS) is 11.4. The Kier molecular flexibility index (Phi) is 5.14. The van der Waals surface area contributed by atoms with Crippen molar-refractivity contribution in [1.29, 1.82) is 0 Å². The highest BCUT2D eigenvalue weighted by molar-refractivity contribution is 9.10. The van der Waals surface area contributed by atoms with E-state index in [0.717, 1.165) is 4.47 Å². The molecule has 0 aliphatic carbocycles. The van der Waals surface area contributed by atoms with Crippen LogP contribution < -0.4 is 0 Å². The molecule has 0 radical (unpaired) electrons. The summed E-state index contributed by atoms with van der Waals surface area (Å²) < 4.78 is 24.5. The van der Waals surface area contributed by atoms with Crippen LogP contribution in [0, 0.1) is 0 Å². The number of benzene rings is 1. The summed E-state index contributed by atoms with van der Waals surface area (Å²) in [7, 11) is -3.29. The smallest absolute Gasteiger partial charge is 0.303 e. The Labute approximate surface area is 109 Å². The third kappa shape index (κ3) is 4.87. The van der Waals surface area contributed by atoms with Crippen LogP contribution in [0.2, 0.25) is 0 Å². The van der Waals surface area contributed by atoms with Crippen molar-refractivity contribution in [2.45, 2.75) is 24.2 Å². The molecule has 0 unspecified atom stereocenters. The minimum atomic E-state index is -3.29. The third-order valence-electron chi connectivity index (χ3n) is 2.23. The topological polar surface area (TPSA) is 71.4 Å². The molecule has 1 aromatic carbocycles. The number of halogens is 1. The van der Waals surface area contributed by atoms with Gasteiger partial charge in [-0.15, -0.1) is 0 Å². The van der Waals surface area contributed by atoms with Gasteiger partial charge in [0.25, 0.3) is 0 Å². The van der Waals surface area contributed by atoms with E-state index < -0.39 is 15.8 Å². The average molecular weight is 321 g/mol. The van der Waals surface area contributed by atoms with E-state index in [1.165, 1.54) is 12.1 Å². The summed E-state index contributed by atoms with van der Waals surface area (Å²) in [6.07, 6.45) is 0.756. The van der Waals surface area contributed by atoms with Gasteiger partial charge in [-0.1, -0.05) is 15.9 Å². The van der Waals surface area contributed by atoms with Crippen molar-refractivity contribution >= 4 is 31.7 Å². The Morgan fingerprint density at radius 3 is 2.29 bits per heavy atom. The molecule has 0 atom stereocenters. The second kappa shape index (κ2) is 6.16. The summed E-state index contributed by atoms with van der Waals surface area (Å²) >= 11 is 3.23. The first kappa shape index (κ1) is 14.2. The van der Waals surface area contributed by atoms with Crippen LogP contribution in [-0.2, 0) is 14.6 Å². The number of carbonyl (C=O) groups is 1. The van der Waals surface area contributed by atoms with Crippen molar-refractivity contribution < 1.29 is 18.3 Å². The molecule has 0 bridgehead atoms. The lowest BCUT2D eigenvalue weighted by molar-refractivity contribution is -0.137. The maximum Gasteiger partial charge on any atom is 0.303 e. The molecule has 0 heterocycles. The van der Waals surface area contributed by atoms with Crippen molar-refractivity contribution in [3.63, 3.8) is 0 Å². The van der Waals surface area contributed by atoms with Crippen LogP contribution in [0.25, 0.3) is 0 Å². The molecule has 1 N–H and O–H groups in total. The summed E-state index contributed by atoms with van der Waals surface area (Å²) in [5, 5.41) is 8.44. The summed E-state index contributed by atoms with van der Waals surface area (Å²) in [4.78, 5) is 10.6. The van der Waals surface area contributed by atoms with Crippen molar-refractivity contribution in [2.24, 2.45) is 0 Å². The third-order valence-corrected chi connectivity index (χ3v) is 4.57. The molecule has 0 spiro atoms. The lowest BCUT2D eigenvalue weighted by Crippen LogP contribution is -2.07. The van der Waals surface area contributed by atoms with E-state index in [-0.39, 0.29) is 17.1 Å². The van der Waals surface area contributed by atoms with Crippen molar-refractivity contribution in [3.05, 3.63) is 28.7 Å². The lowest BCUT2D eigenvalue weighted by atomic mass is 10.2. The first-order chi connectivity index (χ1) is 7.92. The van der Waals surface area contributed by atoms with E-state index in [4.69, 9.17) is 5.11 Å². The maximum atomic E-state index is 11.8. The highest BCUT2D eigenvalue weighted by Gasteiger charge is 2.13. The molecule has 0 aliphatic rings. The molecule has 4 nitrogen and oxygen atoms in total. The Morgan fingerprint density at radius 1 is 1.18 bits per heavy atom. The second-order valence-electron chi connectivity index (χ2n) is 3.62. The highest BCUT2D eigenvalue weighted by atomic mass is 79.9. The van der Waals surface area contributed by atoms with Gasteiger partial charge in [0.15, 0.2) is 9.84 Å². The number of hydrogen-bond donors (Lipinski definition) is 1. The fourth-order valence-corrected chi connectivity index (χ4v) is 2.96. The Bertz CT molecular complexity index is 479. The van der Waals surface area contributed by atoms with E-state index in [1.807, 2.05) is 0 Å². The van der Waals surface area contributed by atoms with E-state index >= 15 is 0 Å². The van der Waals surface area contributed by atoms with Crippen LogP contribution >= 0.6 is 15.9 Å². The fourth-order valence-electron chi connectivity index (χ4n) is 1.33. The number of sulfone groups is 1. The summed E-state index contributed by atoms with van der Waals surface area (Å²) in [6, 6.07) is 6.42. The molecule has 6 heteroatoms. The van der Waals surface area contributed by atoms with Gasteiger partial charge in [0, 0.05) is 10.9 Å². The number of hydrogen-bond acceptors (Lipinski definition) is 3. The molecule has 1 rings (SSSR count). The van der Waals surface area contributed by atoms with Crippen LogP contribution in [-0.4, -0.2) is 25.2 Å². The molecule has 0 saturated heterocycles. The number of rotatable bonds is 6. The van der Waals surface area contributed by atoms with Gasteiger partial charge >= 0.3 is 5.97 Å². The summed E-state index contributed by atoms with van der Waals surface area (Å²) in [5.74, 6) is -0.909. The van der Waals surface area contributed by atoms with E-state index in [0.29, 0.717) is 12.8 Å². The monoisotopic (exact) mass is 320 g/mol. The molecule has 0 amide bonds. The standard InChI is InChI=1S/C11H13BrO4S/c12-9-4-6-10(7-5-9)17(15,16)8-2-1-3-11(13)14/h4-7H,1-3,8H2,(H,13,14). The van der Waals surface area contributed by atoms with Crippen LogP contribution in [0.1, 0.15) is 19.3 Å². The zero-order valence-electron chi connectivity index (χ0n) is 9.10. The van der Waals surface area contributed by atoms with E-state index in [9.17, 15) is 13.2 Å². The van der Waals surface area contributed by atoms with E-state index in [1.54, 1.807) is 12.1 Å². The lowest BCUT2D eigenvalue weighted by Gasteiger charge is -2.03. The molecule has 0 saturated carbocycles. The molecular formula is C11H13BrO4S. The van der Waals surface area contributed by atoms with E-state index in [2.05, 4.69) is 15.9 Å². The zero-order valence-corrected chi connectivity index (χ0v) is 11.5. The van der Waals surface area contributed by atoms with Gasteiger partial charge in [-0.25, -0.2) is 8.42 Å². The first-order valence-electron chi connectivity index (χ1n) is 5.12. The van der Waals surface area contributed by atoms with Gasteiger partial charge in [0.2, 0.25) is 0 Å². The van der Waals surface area contributed by atoms with Crippen LogP contribution in [0.15, 0.2) is 33.6 Å². The Hall–Kier alpha value is -0.880. The van der Waals surface area contributed by atoms with Gasteiger partial charge in [-0.2, -0.15) is 0 Å². The largest absolute Gasteiger partial charge is 0.481 e. The molecule has 1 aromatic rings. The van der Waals surface area contributed by atoms with Crippen molar-refractivity contribution in [3.8, 4) is 0 Å². The Morgan fingerprint density at radius 2 is 1.76 bits per heavy atom. The minimum absolute atomic E-state index is 0.00978.